The molecule has 2 atom stereocenters. The van der Waals surface area contributed by atoms with Gasteiger partial charge in [-0.3, -0.25) is 14.4 Å². The molecule has 0 bridgehead atoms. The first-order chi connectivity index (χ1) is 11.7. The molecule has 2 aromatic rings. The van der Waals surface area contributed by atoms with E-state index in [0.717, 1.165) is 30.9 Å². The zero-order chi connectivity index (χ0) is 16.7. The first kappa shape index (κ1) is 15.4. The fourth-order valence-electron chi connectivity index (χ4n) is 3.97. The van der Waals surface area contributed by atoms with Crippen molar-refractivity contribution in [1.29, 1.82) is 0 Å². The summed E-state index contributed by atoms with van der Waals surface area (Å²) in [7, 11) is 0. The smallest absolute Gasteiger partial charge is 0.241 e. The zero-order valence-electron chi connectivity index (χ0n) is 13.8. The summed E-state index contributed by atoms with van der Waals surface area (Å²) in [6, 6.07) is 10.0. The topological polar surface area (TPSA) is 61.6 Å². The maximum atomic E-state index is 13.0. The molecule has 1 aromatic heterocycles. The highest BCUT2D eigenvalue weighted by molar-refractivity contribution is 5.97. The second-order valence-corrected chi connectivity index (χ2v) is 6.59. The Kier molecular flexibility index (Phi) is 3.86. The average molecular weight is 326 g/mol. The Morgan fingerprint density at radius 1 is 1.29 bits per heavy atom. The Hall–Kier alpha value is -2.18. The summed E-state index contributed by atoms with van der Waals surface area (Å²) in [5.74, 6) is 0.0962. The van der Waals surface area contributed by atoms with Gasteiger partial charge in [-0.1, -0.05) is 18.2 Å². The number of anilines is 1. The maximum absolute atomic E-state index is 13.0. The van der Waals surface area contributed by atoms with Crippen LogP contribution in [0.15, 0.2) is 36.5 Å². The van der Waals surface area contributed by atoms with Crippen molar-refractivity contribution in [1.82, 2.24) is 14.7 Å². The maximum Gasteiger partial charge on any atom is 0.241 e. The van der Waals surface area contributed by atoms with E-state index >= 15 is 0 Å². The Morgan fingerprint density at radius 3 is 2.96 bits per heavy atom. The Morgan fingerprint density at radius 2 is 2.12 bits per heavy atom. The van der Waals surface area contributed by atoms with E-state index in [4.69, 9.17) is 0 Å². The SMILES string of the molecule is CC1Cc2ccccc2N1C(=O)CN1CCn2nccc2C1CO. The van der Waals surface area contributed by atoms with Gasteiger partial charge in [0, 0.05) is 24.5 Å². The molecular formula is C18H22N4O2. The standard InChI is InChI=1S/C18H22N4O2/c1-13-10-14-4-2-3-5-15(14)22(13)18(24)11-20-8-9-21-16(6-7-19-21)17(20)12-23/h2-7,13,17,23H,8-12H2,1H3. The molecule has 1 aromatic carbocycles. The summed E-state index contributed by atoms with van der Waals surface area (Å²) >= 11 is 0. The van der Waals surface area contributed by atoms with Crippen LogP contribution in [-0.2, 0) is 17.8 Å². The minimum Gasteiger partial charge on any atom is -0.394 e. The molecule has 24 heavy (non-hydrogen) atoms. The van der Waals surface area contributed by atoms with Crippen molar-refractivity contribution < 1.29 is 9.90 Å². The third kappa shape index (κ3) is 2.42. The van der Waals surface area contributed by atoms with Gasteiger partial charge < -0.3 is 10.0 Å². The van der Waals surface area contributed by atoms with Crippen molar-refractivity contribution in [2.24, 2.45) is 0 Å². The lowest BCUT2D eigenvalue weighted by Gasteiger charge is -2.36. The van der Waals surface area contributed by atoms with Gasteiger partial charge >= 0.3 is 0 Å². The lowest BCUT2D eigenvalue weighted by atomic mass is 10.1. The van der Waals surface area contributed by atoms with Crippen LogP contribution < -0.4 is 4.90 Å². The number of amides is 1. The van der Waals surface area contributed by atoms with Crippen LogP contribution in [0, 0.1) is 0 Å². The number of fused-ring (bicyclic) bond motifs is 2. The summed E-state index contributed by atoms with van der Waals surface area (Å²) in [5.41, 5.74) is 3.23. The lowest BCUT2D eigenvalue weighted by molar-refractivity contribution is -0.121. The molecule has 6 nitrogen and oxygen atoms in total. The van der Waals surface area contributed by atoms with Gasteiger partial charge in [0.15, 0.2) is 0 Å². The van der Waals surface area contributed by atoms with E-state index in [1.54, 1.807) is 6.20 Å². The van der Waals surface area contributed by atoms with Crippen LogP contribution in [0.4, 0.5) is 5.69 Å². The van der Waals surface area contributed by atoms with E-state index in [2.05, 4.69) is 23.0 Å². The minimum absolute atomic E-state index is 0.00882. The van der Waals surface area contributed by atoms with Crippen LogP contribution >= 0.6 is 0 Å². The summed E-state index contributed by atoms with van der Waals surface area (Å²) in [6.07, 6.45) is 2.65. The molecule has 4 rings (SSSR count). The normalized spacial score (nSPS) is 23.2. The Balaban J connectivity index is 1.54. The molecule has 2 unspecified atom stereocenters. The van der Waals surface area contributed by atoms with Gasteiger partial charge in [0.1, 0.15) is 0 Å². The lowest BCUT2D eigenvalue weighted by Crippen LogP contribution is -2.48. The van der Waals surface area contributed by atoms with Crippen molar-refractivity contribution in [3.05, 3.63) is 47.8 Å². The van der Waals surface area contributed by atoms with Gasteiger partial charge in [-0.05, 0) is 31.0 Å². The number of aliphatic hydroxyl groups excluding tert-OH is 1. The van der Waals surface area contributed by atoms with E-state index in [1.165, 1.54) is 5.56 Å². The largest absolute Gasteiger partial charge is 0.394 e. The average Bonchev–Trinajstić information content (AvgIpc) is 3.17. The fourth-order valence-corrected chi connectivity index (χ4v) is 3.97. The van der Waals surface area contributed by atoms with Gasteiger partial charge in [0.25, 0.3) is 0 Å². The van der Waals surface area contributed by atoms with Crippen LogP contribution in [0.25, 0.3) is 0 Å². The number of aromatic nitrogens is 2. The molecule has 6 heteroatoms. The predicted octanol–water partition coefficient (Wildman–Crippen LogP) is 1.21. The first-order valence-corrected chi connectivity index (χ1v) is 8.45. The predicted molar refractivity (Wildman–Crippen MR) is 90.7 cm³/mol. The summed E-state index contributed by atoms with van der Waals surface area (Å²) in [4.78, 5) is 17.0. The number of carbonyl (C=O) groups excluding carboxylic acids is 1. The van der Waals surface area contributed by atoms with Crippen LogP contribution in [-0.4, -0.2) is 51.4 Å². The van der Waals surface area contributed by atoms with Crippen LogP contribution in [0.3, 0.4) is 0 Å². The molecule has 0 spiro atoms. The van der Waals surface area contributed by atoms with Crippen molar-refractivity contribution in [2.75, 3.05) is 24.6 Å². The number of benzene rings is 1. The monoisotopic (exact) mass is 326 g/mol. The molecule has 3 heterocycles. The van der Waals surface area contributed by atoms with E-state index in [-0.39, 0.29) is 24.6 Å². The molecule has 1 N–H and O–H groups in total. The number of rotatable bonds is 3. The van der Waals surface area contributed by atoms with Gasteiger partial charge in [-0.25, -0.2) is 0 Å². The molecule has 2 aliphatic rings. The second-order valence-electron chi connectivity index (χ2n) is 6.59. The summed E-state index contributed by atoms with van der Waals surface area (Å²) in [5, 5.41) is 14.1. The molecule has 0 radical (unpaired) electrons. The third-order valence-electron chi connectivity index (χ3n) is 5.12. The Bertz CT molecular complexity index is 757. The highest BCUT2D eigenvalue weighted by atomic mass is 16.3. The Labute approximate surface area is 141 Å². The number of nitrogens with zero attached hydrogens (tertiary/aromatic N) is 4. The van der Waals surface area contributed by atoms with Crippen molar-refractivity contribution in [2.45, 2.75) is 32.0 Å². The van der Waals surface area contributed by atoms with Crippen molar-refractivity contribution in [3.8, 4) is 0 Å². The first-order valence-electron chi connectivity index (χ1n) is 8.45. The molecule has 0 saturated heterocycles. The third-order valence-corrected chi connectivity index (χ3v) is 5.12. The van der Waals surface area contributed by atoms with Crippen molar-refractivity contribution >= 4 is 11.6 Å². The van der Waals surface area contributed by atoms with E-state index < -0.39 is 0 Å². The van der Waals surface area contributed by atoms with Gasteiger partial charge in [0.05, 0.1) is 31.4 Å². The molecule has 0 aliphatic carbocycles. The van der Waals surface area contributed by atoms with E-state index in [1.807, 2.05) is 33.8 Å². The van der Waals surface area contributed by atoms with Gasteiger partial charge in [-0.2, -0.15) is 5.10 Å². The number of carbonyl (C=O) groups is 1. The van der Waals surface area contributed by atoms with Crippen LogP contribution in [0.1, 0.15) is 24.2 Å². The number of para-hydroxylation sites is 1. The van der Waals surface area contributed by atoms with Crippen LogP contribution in [0.2, 0.25) is 0 Å². The molecule has 0 fully saturated rings. The highest BCUT2D eigenvalue weighted by Gasteiger charge is 2.34. The van der Waals surface area contributed by atoms with E-state index in [0.29, 0.717) is 6.54 Å². The molecule has 1 amide bonds. The number of aliphatic hydroxyl groups is 1. The van der Waals surface area contributed by atoms with E-state index in [9.17, 15) is 9.90 Å². The fraction of sp³-hybridized carbons (Fsp3) is 0.444. The number of hydrogen-bond donors (Lipinski definition) is 1. The minimum atomic E-state index is -0.168. The summed E-state index contributed by atoms with van der Waals surface area (Å²) in [6.45, 7) is 3.86. The second kappa shape index (κ2) is 6.03. The van der Waals surface area contributed by atoms with Crippen LogP contribution in [0.5, 0.6) is 0 Å². The molecule has 0 saturated carbocycles. The molecular weight excluding hydrogens is 304 g/mol. The molecule has 2 aliphatic heterocycles. The molecule has 126 valence electrons. The quantitative estimate of drug-likeness (QED) is 0.921. The van der Waals surface area contributed by atoms with Gasteiger partial charge in [-0.15, -0.1) is 0 Å². The van der Waals surface area contributed by atoms with Gasteiger partial charge in [0.2, 0.25) is 5.91 Å². The van der Waals surface area contributed by atoms with Crippen molar-refractivity contribution in [3.63, 3.8) is 0 Å². The number of hydrogen-bond acceptors (Lipinski definition) is 4. The highest BCUT2D eigenvalue weighted by Crippen LogP contribution is 2.32. The zero-order valence-corrected chi connectivity index (χ0v) is 13.8. The summed E-state index contributed by atoms with van der Waals surface area (Å²) < 4.78 is 1.91.